The third kappa shape index (κ3) is 5.82. The predicted molar refractivity (Wildman–Crippen MR) is 130 cm³/mol. The van der Waals surface area contributed by atoms with Crippen LogP contribution in [0.5, 0.6) is 0 Å². The lowest BCUT2D eigenvalue weighted by Crippen LogP contribution is -2.36. The van der Waals surface area contributed by atoms with E-state index >= 15 is 0 Å². The van der Waals surface area contributed by atoms with Gasteiger partial charge in [-0.15, -0.1) is 0 Å². The number of aliphatic imine (C=N–C) groups is 1. The summed E-state index contributed by atoms with van der Waals surface area (Å²) in [7, 11) is 1.77. The molecule has 31 heavy (non-hydrogen) atoms. The summed E-state index contributed by atoms with van der Waals surface area (Å²) in [6.07, 6.45) is 1.69. The van der Waals surface area contributed by atoms with E-state index in [4.69, 9.17) is 4.42 Å². The van der Waals surface area contributed by atoms with Gasteiger partial charge in [0.1, 0.15) is 6.26 Å². The Kier molecular flexibility index (Phi) is 7.14. The van der Waals surface area contributed by atoms with E-state index in [1.807, 2.05) is 23.9 Å². The molecule has 1 aliphatic heterocycles. The molecule has 0 aliphatic carbocycles. The fraction of sp³-hybridized carbons (Fsp3) is 0.333. The third-order valence-corrected chi connectivity index (χ3v) is 6.23. The molecule has 6 nitrogen and oxygen atoms in total. The number of rotatable bonds is 6. The first kappa shape index (κ1) is 21.3. The maximum atomic E-state index is 5.63. The molecule has 2 aromatic carbocycles. The SMILES string of the molecule is CN=C(NCc1ccc(N2CCSCC2)cc1)NCc1coc(-c2ccc(C)cc2)n1. The van der Waals surface area contributed by atoms with E-state index in [1.165, 1.54) is 28.3 Å². The molecular formula is C24H29N5OS. The molecule has 0 bridgehead atoms. The number of thioether (sulfide) groups is 1. The molecule has 2 N–H and O–H groups in total. The number of oxazole rings is 1. The highest BCUT2D eigenvalue weighted by Gasteiger charge is 2.11. The van der Waals surface area contributed by atoms with Crippen LogP contribution in [0.3, 0.4) is 0 Å². The van der Waals surface area contributed by atoms with Crippen molar-refractivity contribution in [2.24, 2.45) is 4.99 Å². The Morgan fingerprint density at radius 3 is 2.45 bits per heavy atom. The van der Waals surface area contributed by atoms with Gasteiger partial charge in [-0.05, 0) is 36.8 Å². The Labute approximate surface area is 188 Å². The molecule has 1 aliphatic rings. The van der Waals surface area contributed by atoms with E-state index < -0.39 is 0 Å². The van der Waals surface area contributed by atoms with Crippen molar-refractivity contribution in [3.63, 3.8) is 0 Å². The van der Waals surface area contributed by atoms with Crippen LogP contribution >= 0.6 is 11.8 Å². The average Bonchev–Trinajstić information content (AvgIpc) is 3.30. The van der Waals surface area contributed by atoms with Gasteiger partial charge in [-0.3, -0.25) is 4.99 Å². The molecule has 3 aromatic rings. The van der Waals surface area contributed by atoms with E-state index in [0.29, 0.717) is 19.0 Å². The minimum absolute atomic E-state index is 0.543. The largest absolute Gasteiger partial charge is 0.444 e. The molecule has 0 unspecified atom stereocenters. The molecule has 0 saturated carbocycles. The van der Waals surface area contributed by atoms with Gasteiger partial charge in [0.05, 0.1) is 12.2 Å². The van der Waals surface area contributed by atoms with E-state index in [1.54, 1.807) is 13.3 Å². The number of nitrogens with one attached hydrogen (secondary N) is 2. The van der Waals surface area contributed by atoms with Crippen LogP contribution in [0.15, 0.2) is 64.2 Å². The topological polar surface area (TPSA) is 65.7 Å². The molecule has 0 amide bonds. The summed E-state index contributed by atoms with van der Waals surface area (Å²) in [5.74, 6) is 3.79. The Bertz CT molecular complexity index is 992. The van der Waals surface area contributed by atoms with Crippen molar-refractivity contribution in [1.82, 2.24) is 15.6 Å². The number of hydrogen-bond donors (Lipinski definition) is 2. The van der Waals surface area contributed by atoms with Gasteiger partial charge < -0.3 is 20.0 Å². The second-order valence-corrected chi connectivity index (χ2v) is 8.78. The van der Waals surface area contributed by atoms with Crippen molar-refractivity contribution in [2.75, 3.05) is 36.5 Å². The highest BCUT2D eigenvalue weighted by atomic mass is 32.2. The van der Waals surface area contributed by atoms with E-state index in [-0.39, 0.29) is 0 Å². The maximum Gasteiger partial charge on any atom is 0.226 e. The van der Waals surface area contributed by atoms with Gasteiger partial charge in [0.25, 0.3) is 0 Å². The molecule has 0 spiro atoms. The number of aryl methyl sites for hydroxylation is 1. The number of benzene rings is 2. The first-order valence-corrected chi connectivity index (χ1v) is 11.7. The van der Waals surface area contributed by atoms with Crippen molar-refractivity contribution >= 4 is 23.4 Å². The average molecular weight is 436 g/mol. The summed E-state index contributed by atoms with van der Waals surface area (Å²) in [6, 6.07) is 17.0. The summed E-state index contributed by atoms with van der Waals surface area (Å²) < 4.78 is 5.63. The zero-order valence-corrected chi connectivity index (χ0v) is 18.9. The summed E-state index contributed by atoms with van der Waals surface area (Å²) >= 11 is 2.03. The molecular weight excluding hydrogens is 406 g/mol. The Balaban J connectivity index is 1.27. The van der Waals surface area contributed by atoms with Gasteiger partial charge in [-0.2, -0.15) is 11.8 Å². The second kappa shape index (κ2) is 10.4. The van der Waals surface area contributed by atoms with Crippen molar-refractivity contribution in [2.45, 2.75) is 20.0 Å². The lowest BCUT2D eigenvalue weighted by molar-refractivity contribution is 0.572. The standard InChI is InChI=1S/C24H29N5OS/c1-18-3-7-20(8-4-18)23-28-21(17-30-23)16-27-24(25-2)26-15-19-5-9-22(10-6-19)29-11-13-31-14-12-29/h3-10,17H,11-16H2,1-2H3,(H2,25,26,27). The predicted octanol–water partition coefficient (Wildman–Crippen LogP) is 4.07. The Hall–Kier alpha value is -2.93. The van der Waals surface area contributed by atoms with Crippen LogP contribution in [-0.2, 0) is 13.1 Å². The van der Waals surface area contributed by atoms with Gasteiger partial charge in [0.15, 0.2) is 5.96 Å². The maximum absolute atomic E-state index is 5.63. The lowest BCUT2D eigenvalue weighted by Gasteiger charge is -2.28. The van der Waals surface area contributed by atoms with Gasteiger partial charge in [-0.1, -0.05) is 29.8 Å². The quantitative estimate of drug-likeness (QED) is 0.450. The fourth-order valence-electron chi connectivity index (χ4n) is 3.44. The van der Waals surface area contributed by atoms with Crippen LogP contribution in [0, 0.1) is 6.92 Å². The normalized spacial score (nSPS) is 14.5. The number of aromatic nitrogens is 1. The summed E-state index contributed by atoms with van der Waals surface area (Å²) in [4.78, 5) is 11.3. The Morgan fingerprint density at radius 1 is 1.03 bits per heavy atom. The van der Waals surface area contributed by atoms with E-state index in [0.717, 1.165) is 30.3 Å². The number of guanidine groups is 1. The van der Waals surface area contributed by atoms with Gasteiger partial charge in [0.2, 0.25) is 5.89 Å². The number of anilines is 1. The minimum atomic E-state index is 0.543. The van der Waals surface area contributed by atoms with Gasteiger partial charge in [0, 0.05) is 49.4 Å². The van der Waals surface area contributed by atoms with Crippen molar-refractivity contribution in [3.05, 3.63) is 71.6 Å². The highest BCUT2D eigenvalue weighted by Crippen LogP contribution is 2.20. The summed E-state index contributed by atoms with van der Waals surface area (Å²) in [6.45, 7) is 5.58. The first-order chi connectivity index (χ1) is 15.2. The molecule has 0 radical (unpaired) electrons. The molecule has 1 fully saturated rings. The van der Waals surface area contributed by atoms with Gasteiger partial charge in [-0.25, -0.2) is 4.98 Å². The first-order valence-electron chi connectivity index (χ1n) is 10.6. The van der Waals surface area contributed by atoms with Crippen LogP contribution in [0.2, 0.25) is 0 Å². The van der Waals surface area contributed by atoms with Gasteiger partial charge >= 0.3 is 0 Å². The van der Waals surface area contributed by atoms with Crippen LogP contribution in [0.4, 0.5) is 5.69 Å². The number of hydrogen-bond acceptors (Lipinski definition) is 5. The Morgan fingerprint density at radius 2 is 1.74 bits per heavy atom. The summed E-state index contributed by atoms with van der Waals surface area (Å²) in [5.41, 5.74) is 5.56. The number of nitrogens with zero attached hydrogens (tertiary/aromatic N) is 3. The summed E-state index contributed by atoms with van der Waals surface area (Å²) in [5, 5.41) is 6.66. The molecule has 1 aromatic heterocycles. The smallest absolute Gasteiger partial charge is 0.226 e. The van der Waals surface area contributed by atoms with Crippen LogP contribution in [-0.4, -0.2) is 42.6 Å². The molecule has 7 heteroatoms. The molecule has 1 saturated heterocycles. The van der Waals surface area contributed by atoms with Crippen molar-refractivity contribution in [1.29, 1.82) is 0 Å². The lowest BCUT2D eigenvalue weighted by atomic mass is 10.1. The minimum Gasteiger partial charge on any atom is -0.444 e. The highest BCUT2D eigenvalue weighted by molar-refractivity contribution is 7.99. The third-order valence-electron chi connectivity index (χ3n) is 5.28. The fourth-order valence-corrected chi connectivity index (χ4v) is 4.35. The van der Waals surface area contributed by atoms with Crippen LogP contribution in [0.1, 0.15) is 16.8 Å². The zero-order valence-electron chi connectivity index (χ0n) is 18.1. The monoisotopic (exact) mass is 435 g/mol. The van der Waals surface area contributed by atoms with Crippen LogP contribution in [0.25, 0.3) is 11.5 Å². The van der Waals surface area contributed by atoms with E-state index in [2.05, 4.69) is 68.8 Å². The molecule has 0 atom stereocenters. The molecule has 4 rings (SSSR count). The van der Waals surface area contributed by atoms with E-state index in [9.17, 15) is 0 Å². The second-order valence-electron chi connectivity index (χ2n) is 7.56. The zero-order chi connectivity index (χ0) is 21.5. The van der Waals surface area contributed by atoms with Crippen LogP contribution < -0.4 is 15.5 Å². The van der Waals surface area contributed by atoms with Crippen molar-refractivity contribution in [3.8, 4) is 11.5 Å². The molecule has 2 heterocycles. The molecule has 162 valence electrons. The van der Waals surface area contributed by atoms with Crippen molar-refractivity contribution < 1.29 is 4.42 Å².